The summed E-state index contributed by atoms with van der Waals surface area (Å²) in [6.45, 7) is 2.04. The molecule has 0 aliphatic carbocycles. The Morgan fingerprint density at radius 3 is 2.17 bits per heavy atom. The molecule has 0 aromatic heterocycles. The summed E-state index contributed by atoms with van der Waals surface area (Å²) < 4.78 is 5.89. The van der Waals surface area contributed by atoms with Gasteiger partial charge in [0.1, 0.15) is 11.9 Å². The maximum Gasteiger partial charge on any atom is 0.121 e. The van der Waals surface area contributed by atoms with Crippen molar-refractivity contribution in [2.24, 2.45) is 0 Å². The maximum atomic E-state index is 5.89. The van der Waals surface area contributed by atoms with Gasteiger partial charge in [0.2, 0.25) is 0 Å². The molecule has 2 nitrogen and oxygen atoms in total. The van der Waals surface area contributed by atoms with E-state index >= 15 is 0 Å². The van der Waals surface area contributed by atoms with E-state index in [-0.39, 0.29) is 6.10 Å². The van der Waals surface area contributed by atoms with Gasteiger partial charge in [0.25, 0.3) is 0 Å². The minimum atomic E-state index is 0.0192. The van der Waals surface area contributed by atoms with Gasteiger partial charge in [-0.3, -0.25) is 0 Å². The minimum Gasteiger partial charge on any atom is -0.486 e. The number of hydrogen-bond donors (Lipinski definition) is 1. The largest absolute Gasteiger partial charge is 0.486 e. The van der Waals surface area contributed by atoms with Crippen LogP contribution < -0.4 is 10.5 Å². The molecular formula is C15H17NOS. The van der Waals surface area contributed by atoms with Crippen molar-refractivity contribution < 1.29 is 4.74 Å². The molecule has 0 saturated carbocycles. The second kappa shape index (κ2) is 5.83. The number of benzene rings is 2. The van der Waals surface area contributed by atoms with Crippen LogP contribution in [-0.2, 0) is 0 Å². The van der Waals surface area contributed by atoms with E-state index in [9.17, 15) is 0 Å². The van der Waals surface area contributed by atoms with Crippen LogP contribution in [-0.4, -0.2) is 6.26 Å². The van der Waals surface area contributed by atoms with E-state index < -0.39 is 0 Å². The summed E-state index contributed by atoms with van der Waals surface area (Å²) in [6, 6.07) is 15.9. The topological polar surface area (TPSA) is 35.2 Å². The van der Waals surface area contributed by atoms with Crippen molar-refractivity contribution in [1.29, 1.82) is 0 Å². The summed E-state index contributed by atoms with van der Waals surface area (Å²) >= 11 is 1.72. The third kappa shape index (κ3) is 3.20. The molecule has 0 spiro atoms. The van der Waals surface area contributed by atoms with Gasteiger partial charge in [-0.05, 0) is 55.1 Å². The van der Waals surface area contributed by atoms with Crippen LogP contribution in [0.25, 0.3) is 0 Å². The number of hydrogen-bond acceptors (Lipinski definition) is 3. The fraction of sp³-hybridized carbons (Fsp3) is 0.200. The van der Waals surface area contributed by atoms with Crippen molar-refractivity contribution in [2.75, 3.05) is 12.0 Å². The first kappa shape index (κ1) is 12.8. The fourth-order valence-corrected chi connectivity index (χ4v) is 2.10. The van der Waals surface area contributed by atoms with E-state index in [0.717, 1.165) is 17.0 Å². The first-order chi connectivity index (χ1) is 8.69. The molecule has 3 heteroatoms. The molecule has 0 amide bonds. The van der Waals surface area contributed by atoms with E-state index in [4.69, 9.17) is 10.5 Å². The van der Waals surface area contributed by atoms with Crippen LogP contribution in [0.2, 0.25) is 0 Å². The predicted octanol–water partition coefficient (Wildman–Crippen LogP) is 4.13. The second-order valence-electron chi connectivity index (χ2n) is 4.10. The van der Waals surface area contributed by atoms with Gasteiger partial charge in [-0.15, -0.1) is 11.8 Å². The average Bonchev–Trinajstić information content (AvgIpc) is 2.40. The van der Waals surface area contributed by atoms with Crippen molar-refractivity contribution >= 4 is 17.4 Å². The lowest BCUT2D eigenvalue weighted by atomic mass is 10.1. The Morgan fingerprint density at radius 2 is 1.61 bits per heavy atom. The van der Waals surface area contributed by atoms with Crippen molar-refractivity contribution in [3.8, 4) is 5.75 Å². The molecule has 2 aromatic rings. The number of ether oxygens (including phenoxy) is 1. The number of nitrogens with two attached hydrogens (primary N) is 1. The van der Waals surface area contributed by atoms with E-state index in [2.05, 4.69) is 18.4 Å². The SMILES string of the molecule is CSc1ccc(OC(C)c2ccc(N)cc2)cc1. The molecule has 0 aliphatic heterocycles. The van der Waals surface area contributed by atoms with Gasteiger partial charge in [0.15, 0.2) is 0 Å². The van der Waals surface area contributed by atoms with Crippen molar-refractivity contribution in [1.82, 2.24) is 0 Å². The monoisotopic (exact) mass is 259 g/mol. The predicted molar refractivity (Wildman–Crippen MR) is 78.1 cm³/mol. The summed E-state index contributed by atoms with van der Waals surface area (Å²) in [5, 5.41) is 0. The van der Waals surface area contributed by atoms with Gasteiger partial charge in [-0.25, -0.2) is 0 Å². The number of rotatable bonds is 4. The molecular weight excluding hydrogens is 242 g/mol. The second-order valence-corrected chi connectivity index (χ2v) is 4.98. The standard InChI is InChI=1S/C15H17NOS/c1-11(12-3-5-13(16)6-4-12)17-14-7-9-15(18-2)10-8-14/h3-11H,16H2,1-2H3. The first-order valence-corrected chi connectivity index (χ1v) is 7.07. The Morgan fingerprint density at radius 1 is 1.00 bits per heavy atom. The Kier molecular flexibility index (Phi) is 4.15. The highest BCUT2D eigenvalue weighted by Gasteiger charge is 2.06. The fourth-order valence-electron chi connectivity index (χ4n) is 1.69. The lowest BCUT2D eigenvalue weighted by Gasteiger charge is -2.15. The summed E-state index contributed by atoms with van der Waals surface area (Å²) in [7, 11) is 0. The van der Waals surface area contributed by atoms with Crippen LogP contribution in [0.1, 0.15) is 18.6 Å². The summed E-state index contributed by atoms with van der Waals surface area (Å²) in [5.74, 6) is 0.886. The van der Waals surface area contributed by atoms with Gasteiger partial charge >= 0.3 is 0 Å². The Balaban J connectivity index is 2.05. The van der Waals surface area contributed by atoms with Gasteiger partial charge in [-0.2, -0.15) is 0 Å². The smallest absolute Gasteiger partial charge is 0.121 e. The van der Waals surface area contributed by atoms with Gasteiger partial charge < -0.3 is 10.5 Å². The molecule has 0 fully saturated rings. The summed E-state index contributed by atoms with van der Waals surface area (Å²) in [5.41, 5.74) is 7.56. The van der Waals surface area contributed by atoms with Crippen LogP contribution in [0, 0.1) is 0 Å². The highest BCUT2D eigenvalue weighted by Crippen LogP contribution is 2.24. The minimum absolute atomic E-state index is 0.0192. The quantitative estimate of drug-likeness (QED) is 0.662. The molecule has 2 N–H and O–H groups in total. The van der Waals surface area contributed by atoms with Crippen LogP contribution in [0.4, 0.5) is 5.69 Å². The van der Waals surface area contributed by atoms with Crippen LogP contribution in [0.5, 0.6) is 5.75 Å². The first-order valence-electron chi connectivity index (χ1n) is 5.85. The highest BCUT2D eigenvalue weighted by atomic mass is 32.2. The number of thioether (sulfide) groups is 1. The molecule has 0 radical (unpaired) electrons. The van der Waals surface area contributed by atoms with Crippen LogP contribution >= 0.6 is 11.8 Å². The van der Waals surface area contributed by atoms with E-state index in [1.807, 2.05) is 43.3 Å². The van der Waals surface area contributed by atoms with E-state index in [1.54, 1.807) is 11.8 Å². The zero-order valence-corrected chi connectivity index (χ0v) is 11.4. The number of anilines is 1. The van der Waals surface area contributed by atoms with Gasteiger partial charge in [0.05, 0.1) is 0 Å². The zero-order chi connectivity index (χ0) is 13.0. The molecule has 2 rings (SSSR count). The summed E-state index contributed by atoms with van der Waals surface area (Å²) in [4.78, 5) is 1.24. The summed E-state index contributed by atoms with van der Waals surface area (Å²) in [6.07, 6.45) is 2.08. The van der Waals surface area contributed by atoms with Crippen molar-refractivity contribution in [2.45, 2.75) is 17.9 Å². The normalized spacial score (nSPS) is 12.1. The molecule has 0 aliphatic rings. The molecule has 1 unspecified atom stereocenters. The molecule has 0 heterocycles. The third-order valence-electron chi connectivity index (χ3n) is 2.78. The van der Waals surface area contributed by atoms with Crippen LogP contribution in [0.3, 0.4) is 0 Å². The van der Waals surface area contributed by atoms with Crippen LogP contribution in [0.15, 0.2) is 53.4 Å². The molecule has 1 atom stereocenters. The molecule has 2 aromatic carbocycles. The van der Waals surface area contributed by atoms with Gasteiger partial charge in [-0.1, -0.05) is 12.1 Å². The van der Waals surface area contributed by atoms with E-state index in [1.165, 1.54) is 4.90 Å². The molecule has 18 heavy (non-hydrogen) atoms. The Bertz CT molecular complexity index is 493. The zero-order valence-electron chi connectivity index (χ0n) is 10.6. The van der Waals surface area contributed by atoms with Crippen molar-refractivity contribution in [3.05, 3.63) is 54.1 Å². The highest BCUT2D eigenvalue weighted by molar-refractivity contribution is 7.98. The molecule has 0 saturated heterocycles. The Labute approximate surface area is 112 Å². The third-order valence-corrected chi connectivity index (χ3v) is 3.52. The lowest BCUT2D eigenvalue weighted by molar-refractivity contribution is 0.227. The number of nitrogen functional groups attached to an aromatic ring is 1. The maximum absolute atomic E-state index is 5.89. The Hall–Kier alpha value is -1.61. The molecule has 94 valence electrons. The molecule has 0 bridgehead atoms. The van der Waals surface area contributed by atoms with Gasteiger partial charge in [0, 0.05) is 10.6 Å². The lowest BCUT2D eigenvalue weighted by Crippen LogP contribution is -2.03. The van der Waals surface area contributed by atoms with E-state index in [0.29, 0.717) is 0 Å². The average molecular weight is 259 g/mol. The van der Waals surface area contributed by atoms with Crippen molar-refractivity contribution in [3.63, 3.8) is 0 Å².